The molecule has 0 radical (unpaired) electrons. The van der Waals surface area contributed by atoms with Crippen LogP contribution in [0.2, 0.25) is 0 Å². The van der Waals surface area contributed by atoms with Crippen LogP contribution in [0.4, 0.5) is 5.69 Å². The summed E-state index contributed by atoms with van der Waals surface area (Å²) in [6, 6.07) is 11.8. The highest BCUT2D eigenvalue weighted by atomic mass is 16.5. The molecule has 0 atom stereocenters. The van der Waals surface area contributed by atoms with Crippen LogP contribution in [0.25, 0.3) is 6.08 Å². The van der Waals surface area contributed by atoms with E-state index in [2.05, 4.69) is 24.4 Å². The third kappa shape index (κ3) is 4.98. The molecule has 0 heterocycles. The first-order chi connectivity index (χ1) is 11.3. The Labute approximate surface area is 144 Å². The van der Waals surface area contributed by atoms with E-state index in [-0.39, 0.29) is 12.0 Å². The summed E-state index contributed by atoms with van der Waals surface area (Å²) >= 11 is 0. The number of anilines is 1. The van der Waals surface area contributed by atoms with Crippen LogP contribution in [0.5, 0.6) is 5.75 Å². The van der Waals surface area contributed by atoms with Gasteiger partial charge in [0.25, 0.3) is 0 Å². The Morgan fingerprint density at radius 2 is 1.75 bits per heavy atom. The predicted octanol–water partition coefficient (Wildman–Crippen LogP) is 5.05. The maximum absolute atomic E-state index is 12.2. The average molecular weight is 323 g/mol. The van der Waals surface area contributed by atoms with Gasteiger partial charge in [-0.2, -0.15) is 0 Å². The van der Waals surface area contributed by atoms with E-state index in [4.69, 9.17) is 4.74 Å². The minimum atomic E-state index is -0.139. The quantitative estimate of drug-likeness (QED) is 0.782. The molecule has 1 amide bonds. The van der Waals surface area contributed by atoms with Crippen LogP contribution in [-0.2, 0) is 4.79 Å². The van der Waals surface area contributed by atoms with Crippen LogP contribution in [0.1, 0.15) is 36.1 Å². The van der Waals surface area contributed by atoms with Gasteiger partial charge in [0.15, 0.2) is 0 Å². The highest BCUT2D eigenvalue weighted by molar-refractivity contribution is 6.02. The molecule has 0 aliphatic rings. The maximum Gasteiger partial charge on any atom is 0.248 e. The van der Waals surface area contributed by atoms with Crippen molar-refractivity contribution in [3.63, 3.8) is 0 Å². The number of carbonyl (C=O) groups excluding carboxylic acids is 1. The smallest absolute Gasteiger partial charge is 0.248 e. The van der Waals surface area contributed by atoms with Gasteiger partial charge in [0.2, 0.25) is 5.91 Å². The Bertz CT molecular complexity index is 737. The Morgan fingerprint density at radius 3 is 2.38 bits per heavy atom. The van der Waals surface area contributed by atoms with E-state index in [0.717, 1.165) is 28.1 Å². The lowest BCUT2D eigenvalue weighted by atomic mass is 10.1. The summed E-state index contributed by atoms with van der Waals surface area (Å²) in [6.45, 7) is 10.0. The molecule has 2 aromatic rings. The lowest BCUT2D eigenvalue weighted by Gasteiger charge is -2.11. The summed E-state index contributed by atoms with van der Waals surface area (Å²) in [5, 5.41) is 2.97. The number of hydrogen-bond acceptors (Lipinski definition) is 2. The number of rotatable bonds is 5. The number of aryl methyl sites for hydroxylation is 3. The summed E-state index contributed by atoms with van der Waals surface area (Å²) in [5.41, 5.74) is 5.15. The molecule has 24 heavy (non-hydrogen) atoms. The van der Waals surface area contributed by atoms with E-state index >= 15 is 0 Å². The fourth-order valence-electron chi connectivity index (χ4n) is 2.68. The third-order valence-electron chi connectivity index (χ3n) is 3.58. The fraction of sp³-hybridized carbons (Fsp3) is 0.286. The molecule has 0 spiro atoms. The highest BCUT2D eigenvalue weighted by Gasteiger charge is 2.06. The van der Waals surface area contributed by atoms with Gasteiger partial charge in [-0.1, -0.05) is 29.8 Å². The molecule has 0 aliphatic carbocycles. The molecule has 3 heteroatoms. The molecular formula is C21H25NO2. The minimum absolute atomic E-state index is 0.125. The van der Waals surface area contributed by atoms with Gasteiger partial charge in [-0.15, -0.1) is 0 Å². The first kappa shape index (κ1) is 17.8. The number of benzene rings is 2. The van der Waals surface area contributed by atoms with E-state index in [1.807, 2.05) is 52.0 Å². The summed E-state index contributed by atoms with van der Waals surface area (Å²) in [5.74, 6) is 0.665. The monoisotopic (exact) mass is 323 g/mol. The van der Waals surface area contributed by atoms with Crippen LogP contribution in [-0.4, -0.2) is 12.0 Å². The van der Waals surface area contributed by atoms with Crippen LogP contribution in [0.15, 0.2) is 42.5 Å². The molecule has 0 saturated carbocycles. The largest absolute Gasteiger partial charge is 0.491 e. The molecule has 0 fully saturated rings. The van der Waals surface area contributed by atoms with Crippen LogP contribution in [0, 0.1) is 20.8 Å². The van der Waals surface area contributed by atoms with Gasteiger partial charge in [-0.25, -0.2) is 0 Å². The van der Waals surface area contributed by atoms with Gasteiger partial charge >= 0.3 is 0 Å². The first-order valence-electron chi connectivity index (χ1n) is 8.19. The zero-order chi connectivity index (χ0) is 17.7. The average Bonchev–Trinajstić information content (AvgIpc) is 2.48. The fourth-order valence-corrected chi connectivity index (χ4v) is 2.68. The van der Waals surface area contributed by atoms with Crippen LogP contribution < -0.4 is 10.1 Å². The first-order valence-corrected chi connectivity index (χ1v) is 8.19. The highest BCUT2D eigenvalue weighted by Crippen LogP contribution is 2.22. The Kier molecular flexibility index (Phi) is 5.80. The molecule has 3 nitrogen and oxygen atoms in total. The van der Waals surface area contributed by atoms with Crippen molar-refractivity contribution in [1.82, 2.24) is 0 Å². The van der Waals surface area contributed by atoms with E-state index in [9.17, 15) is 4.79 Å². The van der Waals surface area contributed by atoms with Crippen molar-refractivity contribution in [3.8, 4) is 5.75 Å². The number of amides is 1. The second kappa shape index (κ2) is 7.82. The maximum atomic E-state index is 12.2. The lowest BCUT2D eigenvalue weighted by molar-refractivity contribution is -0.111. The van der Waals surface area contributed by atoms with Gasteiger partial charge in [-0.05, 0) is 69.5 Å². The van der Waals surface area contributed by atoms with Crippen molar-refractivity contribution in [2.24, 2.45) is 0 Å². The molecule has 0 saturated heterocycles. The van der Waals surface area contributed by atoms with Crippen LogP contribution >= 0.6 is 0 Å². The second-order valence-corrected chi connectivity index (χ2v) is 6.34. The summed E-state index contributed by atoms with van der Waals surface area (Å²) in [6.07, 6.45) is 3.47. The topological polar surface area (TPSA) is 38.3 Å². The van der Waals surface area contributed by atoms with Gasteiger partial charge in [-0.3, -0.25) is 4.79 Å². The number of nitrogens with one attached hydrogen (secondary N) is 1. The molecular weight excluding hydrogens is 298 g/mol. The molecule has 0 bridgehead atoms. The van der Waals surface area contributed by atoms with E-state index in [1.54, 1.807) is 12.2 Å². The standard InChI is InChI=1S/C21H25NO2/c1-14(2)24-19-8-6-7-18(13-19)9-10-20(23)22-21-16(4)11-15(3)12-17(21)5/h6-14H,1-5H3,(H,22,23)/b10-9+. The predicted molar refractivity (Wildman–Crippen MR) is 101 cm³/mol. The number of ether oxygens (including phenoxy) is 1. The van der Waals surface area contributed by atoms with Gasteiger partial charge in [0.05, 0.1) is 6.10 Å². The number of carbonyl (C=O) groups is 1. The van der Waals surface area contributed by atoms with Crippen molar-refractivity contribution in [2.45, 2.75) is 40.7 Å². The zero-order valence-electron chi connectivity index (χ0n) is 15.0. The SMILES string of the molecule is Cc1cc(C)c(NC(=O)/C=C/c2cccc(OC(C)C)c2)c(C)c1. The Balaban J connectivity index is 2.09. The second-order valence-electron chi connectivity index (χ2n) is 6.34. The Hall–Kier alpha value is -2.55. The summed E-state index contributed by atoms with van der Waals surface area (Å²) in [7, 11) is 0. The number of hydrogen-bond donors (Lipinski definition) is 1. The molecule has 2 aromatic carbocycles. The molecule has 0 aliphatic heterocycles. The summed E-state index contributed by atoms with van der Waals surface area (Å²) in [4.78, 5) is 12.2. The molecule has 2 rings (SSSR count). The molecule has 1 N–H and O–H groups in total. The van der Waals surface area contributed by atoms with Crippen molar-refractivity contribution in [2.75, 3.05) is 5.32 Å². The van der Waals surface area contributed by atoms with Crippen molar-refractivity contribution in [3.05, 3.63) is 64.7 Å². The molecule has 0 aromatic heterocycles. The summed E-state index contributed by atoms with van der Waals surface area (Å²) < 4.78 is 5.67. The normalized spacial score (nSPS) is 11.1. The van der Waals surface area contributed by atoms with Crippen LogP contribution in [0.3, 0.4) is 0 Å². The van der Waals surface area contributed by atoms with E-state index < -0.39 is 0 Å². The van der Waals surface area contributed by atoms with Gasteiger partial charge in [0.1, 0.15) is 5.75 Å². The van der Waals surface area contributed by atoms with Gasteiger partial charge in [0, 0.05) is 11.8 Å². The zero-order valence-corrected chi connectivity index (χ0v) is 15.0. The Morgan fingerprint density at radius 1 is 1.08 bits per heavy atom. The van der Waals surface area contributed by atoms with E-state index in [0.29, 0.717) is 0 Å². The van der Waals surface area contributed by atoms with Crippen molar-refractivity contribution < 1.29 is 9.53 Å². The third-order valence-corrected chi connectivity index (χ3v) is 3.58. The lowest BCUT2D eigenvalue weighted by Crippen LogP contribution is -2.10. The van der Waals surface area contributed by atoms with Crippen molar-refractivity contribution >= 4 is 17.7 Å². The van der Waals surface area contributed by atoms with Gasteiger partial charge < -0.3 is 10.1 Å². The van der Waals surface area contributed by atoms with E-state index in [1.165, 1.54) is 5.56 Å². The van der Waals surface area contributed by atoms with Crippen molar-refractivity contribution in [1.29, 1.82) is 0 Å². The minimum Gasteiger partial charge on any atom is -0.491 e. The molecule has 0 unspecified atom stereocenters. The molecule has 126 valence electrons.